The minimum Gasteiger partial charge on any atom is -0.353 e. The monoisotopic (exact) mass is 443 g/mol. The van der Waals surface area contributed by atoms with Gasteiger partial charge in [0.25, 0.3) is 0 Å². The third kappa shape index (κ3) is 7.66. The lowest BCUT2D eigenvalue weighted by molar-refractivity contribution is 0.188. The quantitative estimate of drug-likeness (QED) is 0.270. The van der Waals surface area contributed by atoms with Gasteiger partial charge in [0.15, 0.2) is 5.96 Å². The van der Waals surface area contributed by atoms with Crippen LogP contribution < -0.4 is 5.32 Å². The molecule has 4 aliphatic carbocycles. The number of hydrogen-bond donors (Lipinski definition) is 1. The Kier molecular flexibility index (Phi) is 10.6. The average molecular weight is 444 g/mol. The molecule has 4 rings (SSSR count). The highest BCUT2D eigenvalue weighted by molar-refractivity contribution is 5.81. The van der Waals surface area contributed by atoms with Crippen molar-refractivity contribution in [1.29, 1.82) is 0 Å². The van der Waals surface area contributed by atoms with Gasteiger partial charge < -0.3 is 10.2 Å². The molecular formula is C29H53N3. The first-order valence-electron chi connectivity index (χ1n) is 15.0. The Balaban J connectivity index is 1.61. The Hall–Kier alpha value is -0.730. The van der Waals surface area contributed by atoms with Crippen LogP contribution >= 0.6 is 0 Å². The molecule has 0 aromatic rings. The molecule has 3 nitrogen and oxygen atoms in total. The summed E-state index contributed by atoms with van der Waals surface area (Å²) >= 11 is 0. The first-order chi connectivity index (χ1) is 15.9. The highest BCUT2D eigenvalue weighted by Crippen LogP contribution is 2.31. The van der Waals surface area contributed by atoms with E-state index in [1.165, 1.54) is 160 Å². The van der Waals surface area contributed by atoms with Crippen molar-refractivity contribution in [2.45, 2.75) is 178 Å². The fraction of sp³-hybridized carbons (Fsp3) is 0.966. The molecule has 0 bridgehead atoms. The first kappa shape index (κ1) is 24.4. The summed E-state index contributed by atoms with van der Waals surface area (Å²) < 4.78 is 0. The highest BCUT2D eigenvalue weighted by Gasteiger charge is 2.32. The normalized spacial score (nSPS) is 27.2. The lowest BCUT2D eigenvalue weighted by atomic mass is 10.00. The fourth-order valence-corrected chi connectivity index (χ4v) is 7.06. The van der Waals surface area contributed by atoms with E-state index in [1.54, 1.807) is 0 Å². The minimum absolute atomic E-state index is 0.560. The predicted molar refractivity (Wildman–Crippen MR) is 138 cm³/mol. The molecule has 0 heterocycles. The number of nitrogens with one attached hydrogen (secondary N) is 1. The molecule has 3 heteroatoms. The number of hydrogen-bond acceptors (Lipinski definition) is 1. The topological polar surface area (TPSA) is 27.6 Å². The number of nitrogens with zero attached hydrogens (tertiary/aromatic N) is 2. The molecule has 4 saturated carbocycles. The predicted octanol–water partition coefficient (Wildman–Crippen LogP) is 8.13. The molecular weight excluding hydrogens is 390 g/mol. The van der Waals surface area contributed by atoms with E-state index < -0.39 is 0 Å². The number of aliphatic imine (C=N–C) groups is 1. The van der Waals surface area contributed by atoms with Crippen LogP contribution in [0.3, 0.4) is 0 Å². The van der Waals surface area contributed by atoms with E-state index in [4.69, 9.17) is 4.99 Å². The van der Waals surface area contributed by atoms with Gasteiger partial charge in [0.1, 0.15) is 0 Å². The summed E-state index contributed by atoms with van der Waals surface area (Å²) in [5, 5.41) is 4.18. The Morgan fingerprint density at radius 3 is 1.28 bits per heavy atom. The highest BCUT2D eigenvalue weighted by atomic mass is 15.3. The molecule has 0 atom stereocenters. The lowest BCUT2D eigenvalue weighted by Gasteiger charge is -2.42. The van der Waals surface area contributed by atoms with Crippen molar-refractivity contribution >= 4 is 5.96 Å². The van der Waals surface area contributed by atoms with Crippen molar-refractivity contribution in [1.82, 2.24) is 10.2 Å². The van der Waals surface area contributed by atoms with E-state index in [1.807, 2.05) is 0 Å². The molecule has 0 unspecified atom stereocenters. The summed E-state index contributed by atoms with van der Waals surface area (Å²) in [4.78, 5) is 8.60. The van der Waals surface area contributed by atoms with Crippen LogP contribution in [0.5, 0.6) is 0 Å². The maximum Gasteiger partial charge on any atom is 0.194 e. The molecule has 0 amide bonds. The maximum atomic E-state index is 5.66. The molecule has 32 heavy (non-hydrogen) atoms. The van der Waals surface area contributed by atoms with Gasteiger partial charge in [-0.15, -0.1) is 0 Å². The molecule has 184 valence electrons. The summed E-state index contributed by atoms with van der Waals surface area (Å²) in [7, 11) is 0. The van der Waals surface area contributed by atoms with Gasteiger partial charge in [-0.05, 0) is 51.4 Å². The Morgan fingerprint density at radius 2 is 0.844 bits per heavy atom. The summed E-state index contributed by atoms with van der Waals surface area (Å²) in [6.07, 6.45) is 33.7. The van der Waals surface area contributed by atoms with Crippen molar-refractivity contribution in [3.8, 4) is 0 Å². The zero-order valence-electron chi connectivity index (χ0n) is 21.2. The van der Waals surface area contributed by atoms with Crippen LogP contribution in [0, 0.1) is 0 Å². The van der Waals surface area contributed by atoms with Crippen LogP contribution in [-0.4, -0.2) is 35.0 Å². The van der Waals surface area contributed by atoms with Gasteiger partial charge in [-0.2, -0.15) is 0 Å². The van der Waals surface area contributed by atoms with E-state index in [-0.39, 0.29) is 0 Å². The van der Waals surface area contributed by atoms with Gasteiger partial charge >= 0.3 is 0 Å². The van der Waals surface area contributed by atoms with Crippen molar-refractivity contribution in [2.75, 3.05) is 0 Å². The SMILES string of the molecule is C1CCCC(N=C(NC2CCCCCC2)N(C2CCCCCC2)C2CCCCCC2)CC1. The van der Waals surface area contributed by atoms with Crippen LogP contribution in [0.4, 0.5) is 0 Å². The fourth-order valence-electron chi connectivity index (χ4n) is 7.06. The lowest BCUT2D eigenvalue weighted by Crippen LogP contribution is -2.55. The van der Waals surface area contributed by atoms with Gasteiger partial charge in [0, 0.05) is 18.1 Å². The van der Waals surface area contributed by atoms with Crippen LogP contribution in [0.1, 0.15) is 154 Å². The van der Waals surface area contributed by atoms with E-state index in [0.29, 0.717) is 12.1 Å². The molecule has 0 radical (unpaired) electrons. The second-order valence-corrected chi connectivity index (χ2v) is 11.6. The molecule has 0 aromatic heterocycles. The van der Waals surface area contributed by atoms with Gasteiger partial charge in [-0.1, -0.05) is 103 Å². The molecule has 4 fully saturated rings. The van der Waals surface area contributed by atoms with Crippen LogP contribution in [0.2, 0.25) is 0 Å². The third-order valence-electron chi connectivity index (χ3n) is 9.00. The van der Waals surface area contributed by atoms with Gasteiger partial charge in [0.05, 0.1) is 6.04 Å². The maximum absolute atomic E-state index is 5.66. The van der Waals surface area contributed by atoms with Crippen LogP contribution in [0.15, 0.2) is 4.99 Å². The molecule has 1 N–H and O–H groups in total. The van der Waals surface area contributed by atoms with Crippen molar-refractivity contribution < 1.29 is 0 Å². The van der Waals surface area contributed by atoms with E-state index in [9.17, 15) is 0 Å². The van der Waals surface area contributed by atoms with Crippen LogP contribution in [0.25, 0.3) is 0 Å². The number of rotatable bonds is 4. The summed E-state index contributed by atoms with van der Waals surface area (Å²) in [5.41, 5.74) is 0. The Labute approximate surface area is 199 Å². The van der Waals surface area contributed by atoms with Crippen LogP contribution in [-0.2, 0) is 0 Å². The molecule has 0 spiro atoms. The zero-order valence-corrected chi connectivity index (χ0v) is 21.2. The first-order valence-corrected chi connectivity index (χ1v) is 15.0. The average Bonchev–Trinajstić information content (AvgIpc) is 3.39. The zero-order chi connectivity index (χ0) is 21.8. The second-order valence-electron chi connectivity index (χ2n) is 11.6. The molecule has 0 aliphatic heterocycles. The molecule has 4 aliphatic rings. The summed E-state index contributed by atoms with van der Waals surface area (Å²) in [6.45, 7) is 0. The second kappa shape index (κ2) is 13.9. The third-order valence-corrected chi connectivity index (χ3v) is 9.00. The molecule has 0 saturated heterocycles. The van der Waals surface area contributed by atoms with E-state index >= 15 is 0 Å². The minimum atomic E-state index is 0.560. The van der Waals surface area contributed by atoms with Crippen molar-refractivity contribution in [3.63, 3.8) is 0 Å². The van der Waals surface area contributed by atoms with Gasteiger partial charge in [0.2, 0.25) is 0 Å². The van der Waals surface area contributed by atoms with Crippen molar-refractivity contribution in [3.05, 3.63) is 0 Å². The Morgan fingerprint density at radius 1 is 0.469 bits per heavy atom. The Bertz CT molecular complexity index is 493. The standard InChI is InChI=1S/C29H53N3/c1-2-10-18-25(17-9-1)30-29(31-26-19-11-3-4-12-20-26)32(27-21-13-5-6-14-22-27)28-23-15-7-8-16-24-28/h25-28H,1-24H2,(H,30,31). The largest absolute Gasteiger partial charge is 0.353 e. The summed E-state index contributed by atoms with van der Waals surface area (Å²) in [6, 6.07) is 2.66. The summed E-state index contributed by atoms with van der Waals surface area (Å²) in [5.74, 6) is 1.36. The number of guanidine groups is 1. The van der Waals surface area contributed by atoms with Crippen molar-refractivity contribution in [2.24, 2.45) is 4.99 Å². The van der Waals surface area contributed by atoms with E-state index in [0.717, 1.165) is 12.1 Å². The smallest absolute Gasteiger partial charge is 0.194 e. The van der Waals surface area contributed by atoms with E-state index in [2.05, 4.69) is 10.2 Å². The van der Waals surface area contributed by atoms with Gasteiger partial charge in [-0.3, -0.25) is 0 Å². The molecule has 0 aromatic carbocycles. The van der Waals surface area contributed by atoms with Gasteiger partial charge in [-0.25, -0.2) is 4.99 Å².